The highest BCUT2D eigenvalue weighted by Crippen LogP contribution is 2.30. The number of halogens is 1. The van der Waals surface area contributed by atoms with Crippen molar-refractivity contribution in [2.45, 2.75) is 51.7 Å². The molecule has 0 amide bonds. The van der Waals surface area contributed by atoms with E-state index >= 15 is 0 Å². The maximum Gasteiger partial charge on any atom is 0.138 e. The van der Waals surface area contributed by atoms with E-state index in [1.165, 1.54) is 18.4 Å². The molecule has 1 N–H and O–H groups in total. The lowest BCUT2D eigenvalue weighted by atomic mass is 10.2. The van der Waals surface area contributed by atoms with Gasteiger partial charge in [-0.3, -0.25) is 0 Å². The van der Waals surface area contributed by atoms with Crippen LogP contribution in [0.25, 0.3) is 0 Å². The zero-order valence-electron chi connectivity index (χ0n) is 11.2. The predicted molar refractivity (Wildman–Crippen MR) is 76.5 cm³/mol. The first-order valence-corrected chi connectivity index (χ1v) is 7.23. The SMILES string of the molecule is CCCNC1CCC(Oc2ccc(C)cc2Cl)C1. The van der Waals surface area contributed by atoms with E-state index in [9.17, 15) is 0 Å². The lowest BCUT2D eigenvalue weighted by molar-refractivity contribution is 0.206. The fourth-order valence-corrected chi connectivity index (χ4v) is 2.74. The van der Waals surface area contributed by atoms with Crippen LogP contribution in [0.5, 0.6) is 5.75 Å². The van der Waals surface area contributed by atoms with Crippen LogP contribution in [-0.4, -0.2) is 18.7 Å². The molecule has 1 aromatic rings. The number of hydrogen-bond donors (Lipinski definition) is 1. The topological polar surface area (TPSA) is 21.3 Å². The molecule has 1 aliphatic carbocycles. The van der Waals surface area contributed by atoms with Crippen LogP contribution in [0.3, 0.4) is 0 Å². The first-order chi connectivity index (χ1) is 8.69. The van der Waals surface area contributed by atoms with E-state index in [0.29, 0.717) is 12.1 Å². The molecule has 100 valence electrons. The summed E-state index contributed by atoms with van der Waals surface area (Å²) >= 11 is 6.19. The minimum absolute atomic E-state index is 0.305. The Morgan fingerprint density at radius 1 is 1.39 bits per heavy atom. The molecular formula is C15H22ClNO. The van der Waals surface area contributed by atoms with Crippen molar-refractivity contribution >= 4 is 11.6 Å². The summed E-state index contributed by atoms with van der Waals surface area (Å²) in [6.07, 6.45) is 4.90. The average molecular weight is 268 g/mol. The average Bonchev–Trinajstić information content (AvgIpc) is 2.78. The first-order valence-electron chi connectivity index (χ1n) is 6.85. The van der Waals surface area contributed by atoms with Crippen LogP contribution in [0.2, 0.25) is 5.02 Å². The Hall–Kier alpha value is -0.730. The molecule has 3 heteroatoms. The van der Waals surface area contributed by atoms with Crippen LogP contribution >= 0.6 is 11.6 Å². The summed E-state index contributed by atoms with van der Waals surface area (Å²) in [7, 11) is 0. The molecule has 2 unspecified atom stereocenters. The molecule has 2 nitrogen and oxygen atoms in total. The number of aryl methyl sites for hydroxylation is 1. The molecular weight excluding hydrogens is 246 g/mol. The van der Waals surface area contributed by atoms with Gasteiger partial charge in [0.2, 0.25) is 0 Å². The monoisotopic (exact) mass is 267 g/mol. The summed E-state index contributed by atoms with van der Waals surface area (Å²) in [6, 6.07) is 6.59. The van der Waals surface area contributed by atoms with E-state index in [0.717, 1.165) is 30.2 Å². The first kappa shape index (κ1) is 13.7. The largest absolute Gasteiger partial charge is 0.489 e. The number of benzene rings is 1. The molecule has 2 rings (SSSR count). The summed E-state index contributed by atoms with van der Waals surface area (Å²) in [5, 5.41) is 4.28. The lowest BCUT2D eigenvalue weighted by Crippen LogP contribution is -2.28. The van der Waals surface area contributed by atoms with Crippen molar-refractivity contribution in [1.82, 2.24) is 5.32 Å². The van der Waals surface area contributed by atoms with Crippen molar-refractivity contribution in [3.8, 4) is 5.75 Å². The van der Waals surface area contributed by atoms with E-state index < -0.39 is 0 Å². The van der Waals surface area contributed by atoms with Gasteiger partial charge in [-0.2, -0.15) is 0 Å². The molecule has 2 atom stereocenters. The Morgan fingerprint density at radius 2 is 2.22 bits per heavy atom. The fraction of sp³-hybridized carbons (Fsp3) is 0.600. The van der Waals surface area contributed by atoms with Crippen molar-refractivity contribution < 1.29 is 4.74 Å². The van der Waals surface area contributed by atoms with Crippen LogP contribution in [0, 0.1) is 6.92 Å². The van der Waals surface area contributed by atoms with Gasteiger partial charge >= 0.3 is 0 Å². The molecule has 0 aliphatic heterocycles. The highest BCUT2D eigenvalue weighted by molar-refractivity contribution is 6.32. The smallest absolute Gasteiger partial charge is 0.138 e. The Kier molecular flexibility index (Phi) is 4.90. The zero-order valence-corrected chi connectivity index (χ0v) is 12.0. The van der Waals surface area contributed by atoms with Gasteiger partial charge in [0.25, 0.3) is 0 Å². The molecule has 0 bridgehead atoms. The molecule has 0 heterocycles. The third kappa shape index (κ3) is 3.63. The molecule has 1 fully saturated rings. The van der Waals surface area contributed by atoms with Gasteiger partial charge in [-0.1, -0.05) is 24.6 Å². The van der Waals surface area contributed by atoms with Crippen molar-refractivity contribution in [3.05, 3.63) is 28.8 Å². The summed E-state index contributed by atoms with van der Waals surface area (Å²) in [5.74, 6) is 0.823. The standard InChI is InChI=1S/C15H22ClNO/c1-3-8-17-12-5-6-13(10-12)18-15-7-4-11(2)9-14(15)16/h4,7,9,12-13,17H,3,5-6,8,10H2,1-2H3. The molecule has 18 heavy (non-hydrogen) atoms. The third-order valence-electron chi connectivity index (χ3n) is 3.45. The number of rotatable bonds is 5. The second kappa shape index (κ2) is 6.44. The summed E-state index contributed by atoms with van der Waals surface area (Å²) in [6.45, 7) is 5.33. The number of hydrogen-bond acceptors (Lipinski definition) is 2. The van der Waals surface area contributed by atoms with Gasteiger partial charge in [-0.05, 0) is 56.8 Å². The molecule has 0 aromatic heterocycles. The Balaban J connectivity index is 1.87. The minimum Gasteiger partial charge on any atom is -0.489 e. The Bertz CT molecular complexity index is 394. The van der Waals surface area contributed by atoms with Crippen LogP contribution in [0.15, 0.2) is 18.2 Å². The van der Waals surface area contributed by atoms with Gasteiger partial charge in [0.15, 0.2) is 0 Å². The second-order valence-electron chi connectivity index (χ2n) is 5.14. The Labute approximate surface area is 115 Å². The predicted octanol–water partition coefficient (Wildman–Crippen LogP) is 3.95. The van der Waals surface area contributed by atoms with Crippen molar-refractivity contribution in [2.75, 3.05) is 6.54 Å². The van der Waals surface area contributed by atoms with Crippen LogP contribution < -0.4 is 10.1 Å². The summed E-state index contributed by atoms with van der Waals surface area (Å²) in [4.78, 5) is 0. The van der Waals surface area contributed by atoms with Crippen LogP contribution in [0.4, 0.5) is 0 Å². The van der Waals surface area contributed by atoms with Gasteiger partial charge in [0, 0.05) is 6.04 Å². The van der Waals surface area contributed by atoms with Gasteiger partial charge in [-0.25, -0.2) is 0 Å². The molecule has 1 saturated carbocycles. The summed E-state index contributed by atoms with van der Waals surface area (Å²) in [5.41, 5.74) is 1.17. The molecule has 1 aromatic carbocycles. The Morgan fingerprint density at radius 3 is 2.94 bits per heavy atom. The quantitative estimate of drug-likeness (QED) is 0.872. The van der Waals surface area contributed by atoms with E-state index in [2.05, 4.69) is 12.2 Å². The number of nitrogens with one attached hydrogen (secondary N) is 1. The van der Waals surface area contributed by atoms with Crippen LogP contribution in [-0.2, 0) is 0 Å². The maximum absolute atomic E-state index is 6.19. The summed E-state index contributed by atoms with van der Waals surface area (Å²) < 4.78 is 6.00. The van der Waals surface area contributed by atoms with E-state index in [1.54, 1.807) is 0 Å². The highest BCUT2D eigenvalue weighted by atomic mass is 35.5. The van der Waals surface area contributed by atoms with Gasteiger partial charge in [0.05, 0.1) is 5.02 Å². The third-order valence-corrected chi connectivity index (χ3v) is 3.74. The minimum atomic E-state index is 0.305. The normalized spacial score (nSPS) is 23.3. The van der Waals surface area contributed by atoms with Gasteiger partial charge in [-0.15, -0.1) is 0 Å². The van der Waals surface area contributed by atoms with Crippen molar-refractivity contribution in [3.63, 3.8) is 0 Å². The van der Waals surface area contributed by atoms with Gasteiger partial charge in [0.1, 0.15) is 11.9 Å². The van der Waals surface area contributed by atoms with E-state index in [-0.39, 0.29) is 0 Å². The molecule has 0 spiro atoms. The molecule has 0 radical (unpaired) electrons. The molecule has 0 saturated heterocycles. The second-order valence-corrected chi connectivity index (χ2v) is 5.55. The lowest BCUT2D eigenvalue weighted by Gasteiger charge is -2.16. The number of ether oxygens (including phenoxy) is 1. The highest BCUT2D eigenvalue weighted by Gasteiger charge is 2.25. The van der Waals surface area contributed by atoms with E-state index in [1.807, 2.05) is 25.1 Å². The van der Waals surface area contributed by atoms with Crippen molar-refractivity contribution in [2.24, 2.45) is 0 Å². The van der Waals surface area contributed by atoms with Crippen LogP contribution in [0.1, 0.15) is 38.2 Å². The zero-order chi connectivity index (χ0) is 13.0. The maximum atomic E-state index is 6.19. The molecule has 1 aliphatic rings. The van der Waals surface area contributed by atoms with E-state index in [4.69, 9.17) is 16.3 Å². The fourth-order valence-electron chi connectivity index (χ4n) is 2.46. The van der Waals surface area contributed by atoms with Gasteiger partial charge < -0.3 is 10.1 Å². The van der Waals surface area contributed by atoms with Crippen molar-refractivity contribution in [1.29, 1.82) is 0 Å².